The van der Waals surface area contributed by atoms with E-state index >= 15 is 0 Å². The van der Waals surface area contributed by atoms with E-state index in [2.05, 4.69) is 0 Å². The number of carbonyl (C=O) groups excluding carboxylic acids is 1. The number of ether oxygens (including phenoxy) is 1. The Morgan fingerprint density at radius 3 is 1.95 bits per heavy atom. The third-order valence-electron chi connectivity index (χ3n) is 1.88. The summed E-state index contributed by atoms with van der Waals surface area (Å²) in [5.74, 6) is 0.270. The lowest BCUT2D eigenvalue weighted by Gasteiger charge is -2.17. The van der Waals surface area contributed by atoms with E-state index in [0.29, 0.717) is 11.5 Å². The van der Waals surface area contributed by atoms with E-state index in [9.17, 15) is 9.36 Å². The van der Waals surface area contributed by atoms with E-state index in [1.54, 1.807) is 13.8 Å². The zero-order valence-corrected chi connectivity index (χ0v) is 12.0. The Morgan fingerprint density at radius 2 is 1.53 bits per heavy atom. The van der Waals surface area contributed by atoms with Crippen molar-refractivity contribution < 1.29 is 27.7 Å². The van der Waals surface area contributed by atoms with Crippen molar-refractivity contribution in [2.24, 2.45) is 0 Å². The largest absolute Gasteiger partial charge is 0.530 e. The van der Waals surface area contributed by atoms with E-state index in [-0.39, 0.29) is 13.2 Å². The predicted octanol–water partition coefficient (Wildman–Crippen LogP) is 3.17. The topological polar surface area (TPSA) is 71.1 Å². The molecule has 0 saturated carbocycles. The molecule has 0 aliphatic rings. The number of rotatable bonds is 7. The van der Waals surface area contributed by atoms with Gasteiger partial charge in [0.05, 0.1) is 13.2 Å². The minimum atomic E-state index is -3.59. The Morgan fingerprint density at radius 1 is 1.05 bits per heavy atom. The second-order valence-corrected chi connectivity index (χ2v) is 5.03. The molecule has 0 aromatic heterocycles. The molecule has 0 N–H and O–H groups in total. The van der Waals surface area contributed by atoms with Crippen LogP contribution in [0.25, 0.3) is 0 Å². The van der Waals surface area contributed by atoms with Crippen LogP contribution in [-0.4, -0.2) is 19.2 Å². The summed E-state index contributed by atoms with van der Waals surface area (Å²) < 4.78 is 32.2. The SMILES string of the molecule is CCOP(=O)(OCC)Oc1ccc(OC(C)=O)cc1. The Bertz CT molecular complexity index is 446. The minimum Gasteiger partial charge on any atom is -0.427 e. The fraction of sp³-hybridized carbons (Fsp3) is 0.417. The van der Waals surface area contributed by atoms with Crippen molar-refractivity contribution >= 4 is 13.8 Å². The molecular weight excluding hydrogens is 271 g/mol. The lowest BCUT2D eigenvalue weighted by Crippen LogP contribution is -2.03. The highest BCUT2D eigenvalue weighted by molar-refractivity contribution is 7.48. The Balaban J connectivity index is 2.75. The molecule has 19 heavy (non-hydrogen) atoms. The van der Waals surface area contributed by atoms with Gasteiger partial charge in [0.25, 0.3) is 0 Å². The molecule has 0 aliphatic carbocycles. The summed E-state index contributed by atoms with van der Waals surface area (Å²) in [6, 6.07) is 6.09. The summed E-state index contributed by atoms with van der Waals surface area (Å²) in [5.41, 5.74) is 0. The average Bonchev–Trinajstić information content (AvgIpc) is 2.31. The van der Waals surface area contributed by atoms with Crippen LogP contribution < -0.4 is 9.26 Å². The molecule has 0 fully saturated rings. The number of phosphoric acid groups is 1. The van der Waals surface area contributed by atoms with E-state index in [4.69, 9.17) is 18.3 Å². The zero-order valence-electron chi connectivity index (χ0n) is 11.1. The molecule has 0 saturated heterocycles. The molecule has 0 atom stereocenters. The predicted molar refractivity (Wildman–Crippen MR) is 69.2 cm³/mol. The van der Waals surface area contributed by atoms with Crippen LogP contribution in [0.5, 0.6) is 11.5 Å². The number of carbonyl (C=O) groups is 1. The van der Waals surface area contributed by atoms with Crippen molar-refractivity contribution in [1.29, 1.82) is 0 Å². The molecule has 0 aliphatic heterocycles. The summed E-state index contributed by atoms with van der Waals surface area (Å²) in [6.07, 6.45) is 0. The Kier molecular flexibility index (Phi) is 6.02. The first-order valence-corrected chi connectivity index (χ1v) is 7.32. The lowest BCUT2D eigenvalue weighted by molar-refractivity contribution is -0.131. The Labute approximate surface area is 112 Å². The van der Waals surface area contributed by atoms with Gasteiger partial charge in [-0.3, -0.25) is 13.8 Å². The molecule has 6 nitrogen and oxygen atoms in total. The summed E-state index contributed by atoms with van der Waals surface area (Å²) in [6.45, 7) is 5.12. The van der Waals surface area contributed by atoms with E-state index in [1.165, 1.54) is 31.2 Å². The van der Waals surface area contributed by atoms with Gasteiger partial charge in [0.1, 0.15) is 11.5 Å². The van der Waals surface area contributed by atoms with Crippen molar-refractivity contribution in [2.75, 3.05) is 13.2 Å². The molecule has 1 aromatic rings. The first-order valence-electron chi connectivity index (χ1n) is 5.86. The molecule has 1 aromatic carbocycles. The molecule has 0 amide bonds. The monoisotopic (exact) mass is 288 g/mol. The number of benzene rings is 1. The first kappa shape index (κ1) is 15.7. The van der Waals surface area contributed by atoms with E-state index in [0.717, 1.165) is 0 Å². The number of phosphoric ester groups is 1. The normalized spacial score (nSPS) is 11.1. The van der Waals surface area contributed by atoms with E-state index in [1.807, 2.05) is 0 Å². The van der Waals surface area contributed by atoms with Gasteiger partial charge in [-0.05, 0) is 38.1 Å². The lowest BCUT2D eigenvalue weighted by atomic mass is 10.3. The van der Waals surface area contributed by atoms with Gasteiger partial charge in [-0.2, -0.15) is 0 Å². The maximum Gasteiger partial charge on any atom is 0.530 e. The highest BCUT2D eigenvalue weighted by Crippen LogP contribution is 2.49. The molecule has 0 spiro atoms. The van der Waals surface area contributed by atoms with Crippen LogP contribution in [0.1, 0.15) is 20.8 Å². The van der Waals surface area contributed by atoms with Crippen LogP contribution in [0, 0.1) is 0 Å². The maximum atomic E-state index is 12.1. The van der Waals surface area contributed by atoms with Crippen LogP contribution in [0.15, 0.2) is 24.3 Å². The fourth-order valence-corrected chi connectivity index (χ4v) is 2.46. The van der Waals surface area contributed by atoms with Gasteiger partial charge in [0, 0.05) is 6.92 Å². The third kappa shape index (κ3) is 5.42. The van der Waals surface area contributed by atoms with Crippen molar-refractivity contribution in [3.8, 4) is 11.5 Å². The standard InChI is InChI=1S/C12H17O6P/c1-4-15-19(14,16-5-2)18-12-8-6-11(7-9-12)17-10(3)13/h6-9H,4-5H2,1-3H3. The number of esters is 1. The van der Waals surface area contributed by atoms with Gasteiger partial charge in [0.15, 0.2) is 0 Å². The molecule has 106 valence electrons. The summed E-state index contributed by atoms with van der Waals surface area (Å²) in [5, 5.41) is 0. The second-order valence-electron chi connectivity index (χ2n) is 3.44. The molecular formula is C12H17O6P. The van der Waals surface area contributed by atoms with Crippen LogP contribution in [0.4, 0.5) is 0 Å². The van der Waals surface area contributed by atoms with Gasteiger partial charge >= 0.3 is 13.8 Å². The summed E-state index contributed by atoms with van der Waals surface area (Å²) in [7, 11) is -3.59. The number of hydrogen-bond acceptors (Lipinski definition) is 6. The highest BCUT2D eigenvalue weighted by atomic mass is 31.2. The smallest absolute Gasteiger partial charge is 0.427 e. The van der Waals surface area contributed by atoms with Gasteiger partial charge in [-0.15, -0.1) is 0 Å². The maximum absolute atomic E-state index is 12.1. The van der Waals surface area contributed by atoms with Crippen LogP contribution >= 0.6 is 7.82 Å². The van der Waals surface area contributed by atoms with Crippen molar-refractivity contribution in [3.63, 3.8) is 0 Å². The molecule has 0 radical (unpaired) electrons. The zero-order chi connectivity index (χ0) is 14.3. The first-order chi connectivity index (χ1) is 8.99. The van der Waals surface area contributed by atoms with Crippen molar-refractivity contribution in [3.05, 3.63) is 24.3 Å². The van der Waals surface area contributed by atoms with Gasteiger partial charge < -0.3 is 9.26 Å². The second kappa shape index (κ2) is 7.28. The summed E-state index contributed by atoms with van der Waals surface area (Å²) in [4.78, 5) is 10.8. The molecule has 1 rings (SSSR count). The quantitative estimate of drug-likeness (QED) is 0.436. The van der Waals surface area contributed by atoms with Crippen LogP contribution in [-0.2, 0) is 18.4 Å². The molecule has 0 heterocycles. The number of hydrogen-bond donors (Lipinski definition) is 0. The Hall–Kier alpha value is -1.36. The van der Waals surface area contributed by atoms with Crippen molar-refractivity contribution in [2.45, 2.75) is 20.8 Å². The highest BCUT2D eigenvalue weighted by Gasteiger charge is 2.27. The average molecular weight is 288 g/mol. The molecule has 7 heteroatoms. The fourth-order valence-electron chi connectivity index (χ4n) is 1.27. The van der Waals surface area contributed by atoms with Gasteiger partial charge in [0.2, 0.25) is 0 Å². The molecule has 0 bridgehead atoms. The minimum absolute atomic E-state index is 0.211. The summed E-state index contributed by atoms with van der Waals surface area (Å²) >= 11 is 0. The van der Waals surface area contributed by atoms with Crippen LogP contribution in [0.3, 0.4) is 0 Å². The van der Waals surface area contributed by atoms with Gasteiger partial charge in [-0.1, -0.05) is 0 Å². The van der Waals surface area contributed by atoms with E-state index < -0.39 is 13.8 Å². The van der Waals surface area contributed by atoms with Gasteiger partial charge in [-0.25, -0.2) is 4.57 Å². The van der Waals surface area contributed by atoms with Crippen LogP contribution in [0.2, 0.25) is 0 Å². The van der Waals surface area contributed by atoms with Crippen molar-refractivity contribution in [1.82, 2.24) is 0 Å². The third-order valence-corrected chi connectivity index (χ3v) is 3.46. The molecule has 0 unspecified atom stereocenters.